The molecule has 112 valence electrons. The van der Waals surface area contributed by atoms with E-state index in [9.17, 15) is 4.79 Å². The molecule has 1 atom stereocenters. The third-order valence-electron chi connectivity index (χ3n) is 3.25. The molecule has 1 heterocycles. The average molecular weight is 285 g/mol. The number of carbonyl (C=O) groups excluding carboxylic acids is 1. The number of carbonyl (C=O) groups is 1. The lowest BCUT2D eigenvalue weighted by atomic mass is 9.86. The SMILES string of the molecule is CC(C)(C)CC(N)CC(=O)c1ccnn1-c1ccccc1. The van der Waals surface area contributed by atoms with Crippen LogP contribution in [-0.2, 0) is 0 Å². The van der Waals surface area contributed by atoms with Crippen LogP contribution in [0.15, 0.2) is 42.6 Å². The molecule has 2 N–H and O–H groups in total. The first-order chi connectivity index (χ1) is 9.87. The summed E-state index contributed by atoms with van der Waals surface area (Å²) in [7, 11) is 0. The summed E-state index contributed by atoms with van der Waals surface area (Å²) in [4.78, 5) is 12.5. The molecule has 0 saturated heterocycles. The van der Waals surface area contributed by atoms with Gasteiger partial charge in [0, 0.05) is 12.5 Å². The number of ketones is 1. The van der Waals surface area contributed by atoms with Gasteiger partial charge in [-0.1, -0.05) is 39.0 Å². The number of hydrogen-bond acceptors (Lipinski definition) is 3. The van der Waals surface area contributed by atoms with Crippen LogP contribution in [-0.4, -0.2) is 21.6 Å². The molecule has 0 aliphatic heterocycles. The molecular weight excluding hydrogens is 262 g/mol. The van der Waals surface area contributed by atoms with Crippen molar-refractivity contribution in [3.8, 4) is 5.69 Å². The van der Waals surface area contributed by atoms with Gasteiger partial charge in [0.15, 0.2) is 5.78 Å². The summed E-state index contributed by atoms with van der Waals surface area (Å²) in [6.07, 6.45) is 2.81. The molecule has 0 aliphatic rings. The number of rotatable bonds is 5. The van der Waals surface area contributed by atoms with Gasteiger partial charge in [0.1, 0.15) is 5.69 Å². The van der Waals surface area contributed by atoms with Crippen molar-refractivity contribution in [2.45, 2.75) is 39.7 Å². The van der Waals surface area contributed by atoms with Crippen molar-refractivity contribution in [3.63, 3.8) is 0 Å². The van der Waals surface area contributed by atoms with Gasteiger partial charge in [0.2, 0.25) is 0 Å². The second-order valence-electron chi connectivity index (χ2n) is 6.62. The number of Topliss-reactive ketones (excluding diaryl/α,β-unsaturated/α-hetero) is 1. The van der Waals surface area contributed by atoms with Gasteiger partial charge in [-0.15, -0.1) is 0 Å². The smallest absolute Gasteiger partial charge is 0.182 e. The van der Waals surface area contributed by atoms with E-state index in [1.54, 1.807) is 16.9 Å². The Kier molecular flexibility index (Phi) is 4.58. The van der Waals surface area contributed by atoms with E-state index in [-0.39, 0.29) is 17.2 Å². The monoisotopic (exact) mass is 285 g/mol. The van der Waals surface area contributed by atoms with Crippen LogP contribution in [0.2, 0.25) is 0 Å². The molecule has 4 heteroatoms. The summed E-state index contributed by atoms with van der Waals surface area (Å²) in [6, 6.07) is 11.3. The number of benzene rings is 1. The van der Waals surface area contributed by atoms with E-state index < -0.39 is 0 Å². The predicted molar refractivity (Wildman–Crippen MR) is 84.6 cm³/mol. The van der Waals surface area contributed by atoms with Crippen LogP contribution in [0.25, 0.3) is 5.69 Å². The Morgan fingerprint density at radius 1 is 1.24 bits per heavy atom. The van der Waals surface area contributed by atoms with Gasteiger partial charge >= 0.3 is 0 Å². The zero-order valence-electron chi connectivity index (χ0n) is 12.9. The number of para-hydroxylation sites is 1. The van der Waals surface area contributed by atoms with Gasteiger partial charge in [0.05, 0.1) is 11.9 Å². The number of aromatic nitrogens is 2. The summed E-state index contributed by atoms with van der Waals surface area (Å²) in [5.41, 5.74) is 7.70. The summed E-state index contributed by atoms with van der Waals surface area (Å²) in [5, 5.41) is 4.24. The minimum atomic E-state index is -0.128. The zero-order valence-corrected chi connectivity index (χ0v) is 12.9. The highest BCUT2D eigenvalue weighted by atomic mass is 16.1. The predicted octanol–water partition coefficient (Wildman–Crippen LogP) is 3.21. The lowest BCUT2D eigenvalue weighted by Crippen LogP contribution is -2.29. The molecule has 21 heavy (non-hydrogen) atoms. The van der Waals surface area contributed by atoms with Gasteiger partial charge < -0.3 is 5.73 Å². The van der Waals surface area contributed by atoms with E-state index in [1.165, 1.54) is 0 Å². The molecule has 0 radical (unpaired) electrons. The first-order valence-corrected chi connectivity index (χ1v) is 7.25. The van der Waals surface area contributed by atoms with Crippen molar-refractivity contribution in [2.75, 3.05) is 0 Å². The molecule has 1 aromatic heterocycles. The molecule has 0 saturated carbocycles. The Morgan fingerprint density at radius 3 is 2.52 bits per heavy atom. The Bertz CT molecular complexity index is 596. The van der Waals surface area contributed by atoms with Crippen LogP contribution in [0.3, 0.4) is 0 Å². The second kappa shape index (κ2) is 6.22. The molecule has 0 amide bonds. The molecule has 0 fully saturated rings. The van der Waals surface area contributed by atoms with E-state index in [0.29, 0.717) is 12.1 Å². The third kappa shape index (κ3) is 4.26. The Balaban J connectivity index is 2.13. The highest BCUT2D eigenvalue weighted by Gasteiger charge is 2.21. The van der Waals surface area contributed by atoms with Gasteiger partial charge in [-0.25, -0.2) is 4.68 Å². The van der Waals surface area contributed by atoms with E-state index in [0.717, 1.165) is 12.1 Å². The van der Waals surface area contributed by atoms with Gasteiger partial charge in [-0.3, -0.25) is 4.79 Å². The quantitative estimate of drug-likeness (QED) is 0.858. The highest BCUT2D eigenvalue weighted by Crippen LogP contribution is 2.22. The van der Waals surface area contributed by atoms with Crippen LogP contribution >= 0.6 is 0 Å². The fourth-order valence-corrected chi connectivity index (χ4v) is 2.49. The van der Waals surface area contributed by atoms with Crippen molar-refractivity contribution in [3.05, 3.63) is 48.3 Å². The van der Waals surface area contributed by atoms with Crippen LogP contribution < -0.4 is 5.73 Å². The van der Waals surface area contributed by atoms with Crippen molar-refractivity contribution >= 4 is 5.78 Å². The van der Waals surface area contributed by atoms with Crippen LogP contribution in [0, 0.1) is 5.41 Å². The normalized spacial score (nSPS) is 13.1. The molecule has 1 unspecified atom stereocenters. The molecule has 2 rings (SSSR count). The molecule has 0 aliphatic carbocycles. The third-order valence-corrected chi connectivity index (χ3v) is 3.25. The summed E-state index contributed by atoms with van der Waals surface area (Å²) < 4.78 is 1.67. The maximum absolute atomic E-state index is 12.5. The Hall–Kier alpha value is -1.94. The zero-order chi connectivity index (χ0) is 15.5. The average Bonchev–Trinajstić information content (AvgIpc) is 2.86. The largest absolute Gasteiger partial charge is 0.327 e. The minimum absolute atomic E-state index is 0.0353. The number of hydrogen-bond donors (Lipinski definition) is 1. The first kappa shape index (κ1) is 15.4. The van der Waals surface area contributed by atoms with E-state index in [2.05, 4.69) is 25.9 Å². The molecule has 0 spiro atoms. The lowest BCUT2D eigenvalue weighted by molar-refractivity contribution is 0.0960. The second-order valence-corrected chi connectivity index (χ2v) is 6.62. The maximum Gasteiger partial charge on any atom is 0.182 e. The van der Waals surface area contributed by atoms with E-state index >= 15 is 0 Å². The minimum Gasteiger partial charge on any atom is -0.327 e. The highest BCUT2D eigenvalue weighted by molar-refractivity contribution is 5.95. The topological polar surface area (TPSA) is 60.9 Å². The van der Waals surface area contributed by atoms with E-state index in [1.807, 2.05) is 30.3 Å². The van der Waals surface area contributed by atoms with Crippen molar-refractivity contribution in [2.24, 2.45) is 11.1 Å². The van der Waals surface area contributed by atoms with Crippen LogP contribution in [0.5, 0.6) is 0 Å². The Labute approximate surface area is 126 Å². The molecule has 2 aromatic rings. The fourth-order valence-electron chi connectivity index (χ4n) is 2.49. The maximum atomic E-state index is 12.5. The Morgan fingerprint density at radius 2 is 1.90 bits per heavy atom. The first-order valence-electron chi connectivity index (χ1n) is 7.25. The van der Waals surface area contributed by atoms with Crippen molar-refractivity contribution in [1.82, 2.24) is 9.78 Å². The van der Waals surface area contributed by atoms with E-state index in [4.69, 9.17) is 5.73 Å². The molecule has 1 aromatic carbocycles. The number of nitrogens with two attached hydrogens (primary N) is 1. The molecule has 4 nitrogen and oxygen atoms in total. The summed E-state index contributed by atoms with van der Waals surface area (Å²) >= 11 is 0. The van der Waals surface area contributed by atoms with Gasteiger partial charge in [0.25, 0.3) is 0 Å². The number of nitrogens with zero attached hydrogens (tertiary/aromatic N) is 2. The van der Waals surface area contributed by atoms with Crippen LogP contribution in [0.4, 0.5) is 0 Å². The fraction of sp³-hybridized carbons (Fsp3) is 0.412. The van der Waals surface area contributed by atoms with Crippen LogP contribution in [0.1, 0.15) is 44.1 Å². The molecular formula is C17H23N3O. The lowest BCUT2D eigenvalue weighted by Gasteiger charge is -2.22. The van der Waals surface area contributed by atoms with Crippen molar-refractivity contribution < 1.29 is 4.79 Å². The van der Waals surface area contributed by atoms with Gasteiger partial charge in [-0.05, 0) is 30.0 Å². The summed E-state index contributed by atoms with van der Waals surface area (Å²) in [6.45, 7) is 6.39. The molecule has 0 bridgehead atoms. The van der Waals surface area contributed by atoms with Crippen molar-refractivity contribution in [1.29, 1.82) is 0 Å². The standard InChI is InChI=1S/C17H23N3O/c1-17(2,3)12-13(18)11-16(21)15-9-10-19-20(15)14-7-5-4-6-8-14/h4-10,13H,11-12,18H2,1-3H3. The summed E-state index contributed by atoms with van der Waals surface area (Å²) in [5.74, 6) is 0.0353. The van der Waals surface area contributed by atoms with Gasteiger partial charge in [-0.2, -0.15) is 5.10 Å².